The molecule has 0 amide bonds. The van der Waals surface area contributed by atoms with Crippen molar-refractivity contribution in [3.8, 4) is 36.2 Å². The SMILES string of the molecule is C#CCOc1ccc(C(=O)/C=C/c2cccs2)c(OCC#C)c1. The van der Waals surface area contributed by atoms with E-state index in [2.05, 4.69) is 11.8 Å². The molecule has 0 unspecified atom stereocenters. The third-order valence-corrected chi connectivity index (χ3v) is 3.63. The molecular weight excluding hydrogens is 308 g/mol. The molecule has 1 aromatic heterocycles. The molecule has 0 saturated carbocycles. The smallest absolute Gasteiger partial charge is 0.189 e. The fourth-order valence-electron chi connectivity index (χ4n) is 1.79. The maximum atomic E-state index is 12.4. The molecule has 2 rings (SSSR count). The monoisotopic (exact) mass is 322 g/mol. The lowest BCUT2D eigenvalue weighted by atomic mass is 10.1. The molecule has 1 aromatic carbocycles. The number of thiophene rings is 1. The molecular formula is C19H14O3S. The zero-order valence-electron chi connectivity index (χ0n) is 12.3. The third-order valence-electron chi connectivity index (χ3n) is 2.79. The number of ether oxygens (including phenoxy) is 2. The van der Waals surface area contributed by atoms with Crippen LogP contribution in [0.3, 0.4) is 0 Å². The van der Waals surface area contributed by atoms with Crippen LogP contribution in [0.1, 0.15) is 15.2 Å². The van der Waals surface area contributed by atoms with Gasteiger partial charge in [-0.25, -0.2) is 0 Å². The quantitative estimate of drug-likeness (QED) is 0.443. The average Bonchev–Trinajstić information content (AvgIpc) is 3.09. The molecule has 23 heavy (non-hydrogen) atoms. The first-order valence-corrected chi connectivity index (χ1v) is 7.65. The zero-order chi connectivity index (χ0) is 16.5. The van der Waals surface area contributed by atoms with Gasteiger partial charge in [0.05, 0.1) is 5.56 Å². The summed E-state index contributed by atoms with van der Waals surface area (Å²) in [6, 6.07) is 8.78. The van der Waals surface area contributed by atoms with Crippen molar-refractivity contribution in [1.82, 2.24) is 0 Å². The van der Waals surface area contributed by atoms with Crippen molar-refractivity contribution in [3.05, 3.63) is 52.2 Å². The summed E-state index contributed by atoms with van der Waals surface area (Å²) in [7, 11) is 0. The van der Waals surface area contributed by atoms with Gasteiger partial charge in [-0.15, -0.1) is 24.2 Å². The molecule has 0 saturated heterocycles. The van der Waals surface area contributed by atoms with Gasteiger partial charge in [0.25, 0.3) is 0 Å². The van der Waals surface area contributed by atoms with Crippen LogP contribution in [-0.2, 0) is 0 Å². The number of allylic oxidation sites excluding steroid dienone is 1. The van der Waals surface area contributed by atoms with Gasteiger partial charge in [0, 0.05) is 10.9 Å². The van der Waals surface area contributed by atoms with Crippen LogP contribution in [0, 0.1) is 24.7 Å². The van der Waals surface area contributed by atoms with E-state index in [4.69, 9.17) is 22.3 Å². The van der Waals surface area contributed by atoms with Gasteiger partial charge in [0.15, 0.2) is 5.78 Å². The predicted molar refractivity (Wildman–Crippen MR) is 92.8 cm³/mol. The highest BCUT2D eigenvalue weighted by Crippen LogP contribution is 2.26. The van der Waals surface area contributed by atoms with Crippen molar-refractivity contribution < 1.29 is 14.3 Å². The second-order valence-corrected chi connectivity index (χ2v) is 5.34. The predicted octanol–water partition coefficient (Wildman–Crippen LogP) is 3.67. The summed E-state index contributed by atoms with van der Waals surface area (Å²) in [4.78, 5) is 13.4. The highest BCUT2D eigenvalue weighted by Gasteiger charge is 2.12. The van der Waals surface area contributed by atoms with Gasteiger partial charge in [0.1, 0.15) is 24.7 Å². The summed E-state index contributed by atoms with van der Waals surface area (Å²) in [6.45, 7) is 0.202. The van der Waals surface area contributed by atoms with Gasteiger partial charge in [0.2, 0.25) is 0 Å². The Hall–Kier alpha value is -2.95. The maximum absolute atomic E-state index is 12.4. The Morgan fingerprint density at radius 3 is 2.65 bits per heavy atom. The minimum Gasteiger partial charge on any atom is -0.481 e. The number of carbonyl (C=O) groups is 1. The van der Waals surface area contributed by atoms with E-state index >= 15 is 0 Å². The van der Waals surface area contributed by atoms with E-state index in [0.29, 0.717) is 17.1 Å². The van der Waals surface area contributed by atoms with Crippen molar-refractivity contribution in [2.24, 2.45) is 0 Å². The molecule has 0 atom stereocenters. The molecule has 0 fully saturated rings. The maximum Gasteiger partial charge on any atom is 0.189 e. The number of hydrogen-bond donors (Lipinski definition) is 0. The molecule has 0 spiro atoms. The van der Waals surface area contributed by atoms with Crippen molar-refractivity contribution in [1.29, 1.82) is 0 Å². The Balaban J connectivity index is 2.23. The Morgan fingerprint density at radius 1 is 1.17 bits per heavy atom. The molecule has 1 heterocycles. The van der Waals surface area contributed by atoms with E-state index in [-0.39, 0.29) is 19.0 Å². The summed E-state index contributed by atoms with van der Waals surface area (Å²) in [5.41, 5.74) is 0.418. The van der Waals surface area contributed by atoms with E-state index in [1.165, 1.54) is 6.08 Å². The van der Waals surface area contributed by atoms with E-state index in [1.54, 1.807) is 35.6 Å². The molecule has 0 aliphatic rings. The van der Waals surface area contributed by atoms with Gasteiger partial charge in [-0.3, -0.25) is 4.79 Å². The Kier molecular flexibility index (Phi) is 6.06. The highest BCUT2D eigenvalue weighted by atomic mass is 32.1. The van der Waals surface area contributed by atoms with Gasteiger partial charge in [-0.2, -0.15) is 0 Å². The van der Waals surface area contributed by atoms with Gasteiger partial charge in [-0.1, -0.05) is 17.9 Å². The fraction of sp³-hybridized carbons (Fsp3) is 0.105. The van der Waals surface area contributed by atoms with E-state index in [0.717, 1.165) is 4.88 Å². The molecule has 0 bridgehead atoms. The molecule has 2 aromatic rings. The fourth-order valence-corrected chi connectivity index (χ4v) is 2.41. The van der Waals surface area contributed by atoms with Gasteiger partial charge in [-0.05, 0) is 35.7 Å². The van der Waals surface area contributed by atoms with Crippen molar-refractivity contribution in [2.45, 2.75) is 0 Å². The molecule has 0 radical (unpaired) electrons. The number of rotatable bonds is 7. The van der Waals surface area contributed by atoms with Gasteiger partial charge >= 0.3 is 0 Å². The lowest BCUT2D eigenvalue weighted by molar-refractivity contribution is 0.104. The van der Waals surface area contributed by atoms with Crippen LogP contribution in [0.25, 0.3) is 6.08 Å². The standard InChI is InChI=1S/C19H14O3S/c1-3-11-21-15-7-9-17(19(14-15)22-12-4-2)18(20)10-8-16-6-5-13-23-16/h1-2,5-10,13-14H,11-12H2/b10-8+. The highest BCUT2D eigenvalue weighted by molar-refractivity contribution is 7.10. The molecule has 114 valence electrons. The normalized spacial score (nSPS) is 10.0. The second-order valence-electron chi connectivity index (χ2n) is 4.36. The average molecular weight is 322 g/mol. The molecule has 0 aliphatic heterocycles. The molecule has 0 N–H and O–H groups in total. The first-order chi connectivity index (χ1) is 11.2. The number of hydrogen-bond acceptors (Lipinski definition) is 4. The van der Waals surface area contributed by atoms with Crippen LogP contribution in [-0.4, -0.2) is 19.0 Å². The Labute approximate surface area is 139 Å². The molecule has 0 aliphatic carbocycles. The minimum absolute atomic E-state index is 0.0630. The zero-order valence-corrected chi connectivity index (χ0v) is 13.1. The van der Waals surface area contributed by atoms with Crippen LogP contribution in [0.2, 0.25) is 0 Å². The lowest BCUT2D eigenvalue weighted by Crippen LogP contribution is -2.03. The van der Waals surface area contributed by atoms with Crippen LogP contribution in [0.5, 0.6) is 11.5 Å². The van der Waals surface area contributed by atoms with E-state index in [1.807, 2.05) is 17.5 Å². The number of ketones is 1. The minimum atomic E-state index is -0.172. The van der Waals surface area contributed by atoms with Crippen molar-refractivity contribution >= 4 is 23.2 Å². The van der Waals surface area contributed by atoms with E-state index in [9.17, 15) is 4.79 Å². The third kappa shape index (κ3) is 4.78. The second kappa shape index (κ2) is 8.48. The summed E-state index contributed by atoms with van der Waals surface area (Å²) in [6.07, 6.45) is 13.6. The topological polar surface area (TPSA) is 35.5 Å². The summed E-state index contributed by atoms with van der Waals surface area (Å²) < 4.78 is 10.8. The van der Waals surface area contributed by atoms with Gasteiger partial charge < -0.3 is 9.47 Å². The van der Waals surface area contributed by atoms with Crippen LogP contribution < -0.4 is 9.47 Å². The lowest BCUT2D eigenvalue weighted by Gasteiger charge is -2.10. The van der Waals surface area contributed by atoms with E-state index < -0.39 is 0 Å². The molecule has 3 nitrogen and oxygen atoms in total. The van der Waals surface area contributed by atoms with Crippen LogP contribution in [0.4, 0.5) is 0 Å². The largest absolute Gasteiger partial charge is 0.481 e. The van der Waals surface area contributed by atoms with Crippen molar-refractivity contribution in [2.75, 3.05) is 13.2 Å². The first-order valence-electron chi connectivity index (χ1n) is 6.77. The summed E-state index contributed by atoms with van der Waals surface area (Å²) in [5, 5.41) is 1.95. The summed E-state index contributed by atoms with van der Waals surface area (Å²) >= 11 is 1.55. The Morgan fingerprint density at radius 2 is 1.96 bits per heavy atom. The Bertz CT molecular complexity index is 774. The number of benzene rings is 1. The number of carbonyl (C=O) groups excluding carboxylic acids is 1. The number of terminal acetylenes is 2. The van der Waals surface area contributed by atoms with Crippen molar-refractivity contribution in [3.63, 3.8) is 0 Å². The van der Waals surface area contributed by atoms with Crippen LogP contribution in [0.15, 0.2) is 41.8 Å². The van der Waals surface area contributed by atoms with Crippen LogP contribution >= 0.6 is 11.3 Å². The summed E-state index contributed by atoms with van der Waals surface area (Å²) in [5.74, 6) is 5.48. The first kappa shape index (κ1) is 16.4. The molecule has 4 heteroatoms.